The highest BCUT2D eigenvalue weighted by molar-refractivity contribution is 7.15. The molecule has 1 aliphatic rings. The number of nitrogens with two attached hydrogens (primary N) is 1. The van der Waals surface area contributed by atoms with Crippen molar-refractivity contribution in [2.45, 2.75) is 19.6 Å². The van der Waals surface area contributed by atoms with Gasteiger partial charge >= 0.3 is 0 Å². The van der Waals surface area contributed by atoms with Crippen LogP contribution >= 0.6 is 22.9 Å². The lowest BCUT2D eigenvalue weighted by molar-refractivity contribution is -0.135. The second-order valence-electron chi connectivity index (χ2n) is 5.53. The number of aromatic nitrogens is 1. The second-order valence-corrected chi connectivity index (χ2v) is 7.05. The van der Waals surface area contributed by atoms with Crippen LogP contribution in [0.4, 0.5) is 0 Å². The molecule has 2 aromatic rings. The monoisotopic (exact) mass is 351 g/mol. The Balaban J connectivity index is 1.73. The highest BCUT2D eigenvalue weighted by Crippen LogP contribution is 2.29. The fraction of sp³-hybridized carbons (Fsp3) is 0.375. The summed E-state index contributed by atoms with van der Waals surface area (Å²) in [5, 5.41) is 1.70. The summed E-state index contributed by atoms with van der Waals surface area (Å²) < 4.78 is 5.38. The summed E-state index contributed by atoms with van der Waals surface area (Å²) in [6.07, 6.45) is -0.521. The topological polar surface area (TPSA) is 68.5 Å². The summed E-state index contributed by atoms with van der Waals surface area (Å²) in [7, 11) is 0. The van der Waals surface area contributed by atoms with Gasteiger partial charge in [0.05, 0.1) is 12.3 Å². The first-order valence-electron chi connectivity index (χ1n) is 7.38. The maximum Gasteiger partial charge on any atom is 0.247 e. The summed E-state index contributed by atoms with van der Waals surface area (Å²) in [4.78, 5) is 19.3. The maximum atomic E-state index is 11.3. The van der Waals surface area contributed by atoms with Crippen molar-refractivity contribution in [3.8, 4) is 10.6 Å². The third-order valence-corrected chi connectivity index (χ3v) is 5.26. The fourth-order valence-electron chi connectivity index (χ4n) is 2.51. The minimum atomic E-state index is -0.521. The molecular formula is C16H18ClN3O2S. The standard InChI is InChI=1S/C16H18ClN3O2S/c1-10-14(9-20-6-7-22-13(8-20)15(18)21)23-16(19-10)11-2-4-12(17)5-3-11/h2-5,13H,6-9H2,1H3,(H2,18,21). The number of thiazole rings is 1. The van der Waals surface area contributed by atoms with Gasteiger partial charge in [0.15, 0.2) is 0 Å². The van der Waals surface area contributed by atoms with E-state index in [4.69, 9.17) is 22.1 Å². The van der Waals surface area contributed by atoms with Crippen LogP contribution in [0.15, 0.2) is 24.3 Å². The van der Waals surface area contributed by atoms with Crippen molar-refractivity contribution in [1.29, 1.82) is 0 Å². The predicted octanol–water partition coefficient (Wildman–Crippen LogP) is 2.46. The van der Waals surface area contributed by atoms with Crippen molar-refractivity contribution < 1.29 is 9.53 Å². The third-order valence-electron chi connectivity index (χ3n) is 3.82. The van der Waals surface area contributed by atoms with Crippen LogP contribution in [0.1, 0.15) is 10.6 Å². The van der Waals surface area contributed by atoms with Gasteiger partial charge in [-0.05, 0) is 19.1 Å². The van der Waals surface area contributed by atoms with Crippen molar-refractivity contribution in [1.82, 2.24) is 9.88 Å². The predicted molar refractivity (Wildman–Crippen MR) is 91.5 cm³/mol. The number of aryl methyl sites for hydroxylation is 1. The molecular weight excluding hydrogens is 334 g/mol. The Morgan fingerprint density at radius 2 is 2.22 bits per heavy atom. The van der Waals surface area contributed by atoms with Crippen LogP contribution in [0.5, 0.6) is 0 Å². The van der Waals surface area contributed by atoms with E-state index in [2.05, 4.69) is 9.88 Å². The third kappa shape index (κ3) is 3.90. The van der Waals surface area contributed by atoms with Crippen molar-refractivity contribution >= 4 is 28.8 Å². The first kappa shape index (κ1) is 16.4. The van der Waals surface area contributed by atoms with E-state index >= 15 is 0 Å². The van der Waals surface area contributed by atoms with E-state index < -0.39 is 12.0 Å². The Labute approximate surface area is 144 Å². The average molecular weight is 352 g/mol. The molecule has 1 amide bonds. The molecule has 1 aromatic heterocycles. The number of primary amides is 1. The normalized spacial score (nSPS) is 19.0. The molecule has 0 saturated carbocycles. The average Bonchev–Trinajstić information content (AvgIpc) is 2.89. The van der Waals surface area contributed by atoms with E-state index in [0.717, 1.165) is 29.4 Å². The quantitative estimate of drug-likeness (QED) is 0.918. The number of morpholine rings is 1. The van der Waals surface area contributed by atoms with Gasteiger partial charge in [0.25, 0.3) is 0 Å². The molecule has 1 saturated heterocycles. The van der Waals surface area contributed by atoms with Crippen molar-refractivity contribution in [2.75, 3.05) is 19.7 Å². The van der Waals surface area contributed by atoms with Crippen molar-refractivity contribution in [3.63, 3.8) is 0 Å². The van der Waals surface area contributed by atoms with Crippen molar-refractivity contribution in [3.05, 3.63) is 39.9 Å². The lowest BCUT2D eigenvalue weighted by atomic mass is 10.2. The molecule has 0 radical (unpaired) electrons. The largest absolute Gasteiger partial charge is 0.367 e. The molecule has 2 heterocycles. The Morgan fingerprint density at radius 3 is 2.91 bits per heavy atom. The second kappa shape index (κ2) is 6.97. The van der Waals surface area contributed by atoms with Gasteiger partial charge in [-0.2, -0.15) is 0 Å². The van der Waals surface area contributed by atoms with Crippen LogP contribution in [-0.2, 0) is 16.1 Å². The Morgan fingerprint density at radius 1 is 1.48 bits per heavy atom. The Kier molecular flexibility index (Phi) is 4.96. The summed E-state index contributed by atoms with van der Waals surface area (Å²) >= 11 is 7.60. The van der Waals surface area contributed by atoms with Gasteiger partial charge in [-0.25, -0.2) is 4.98 Å². The number of rotatable bonds is 4. The van der Waals surface area contributed by atoms with Gasteiger partial charge in [-0.15, -0.1) is 11.3 Å². The molecule has 7 heteroatoms. The summed E-state index contributed by atoms with van der Waals surface area (Å²) in [5.41, 5.74) is 7.41. The minimum Gasteiger partial charge on any atom is -0.367 e. The number of hydrogen-bond acceptors (Lipinski definition) is 5. The molecule has 1 atom stereocenters. The highest BCUT2D eigenvalue weighted by Gasteiger charge is 2.25. The van der Waals surface area contributed by atoms with E-state index in [0.29, 0.717) is 18.2 Å². The molecule has 1 aromatic carbocycles. The number of amides is 1. The number of nitrogens with zero attached hydrogens (tertiary/aromatic N) is 2. The first-order chi connectivity index (χ1) is 11.0. The number of benzene rings is 1. The number of halogens is 1. The van der Waals surface area contributed by atoms with Crippen LogP contribution < -0.4 is 5.73 Å². The lowest BCUT2D eigenvalue weighted by Crippen LogP contribution is -2.47. The molecule has 1 fully saturated rings. The smallest absolute Gasteiger partial charge is 0.247 e. The van der Waals surface area contributed by atoms with Crippen LogP contribution in [-0.4, -0.2) is 41.6 Å². The Hall–Kier alpha value is -1.47. The summed E-state index contributed by atoms with van der Waals surface area (Å²) in [5.74, 6) is -0.405. The SMILES string of the molecule is Cc1nc(-c2ccc(Cl)cc2)sc1CN1CCOC(C(N)=O)C1. The number of hydrogen-bond donors (Lipinski definition) is 1. The first-order valence-corrected chi connectivity index (χ1v) is 8.58. The molecule has 0 aliphatic carbocycles. The van der Waals surface area contributed by atoms with Crippen LogP contribution in [0, 0.1) is 6.92 Å². The minimum absolute atomic E-state index is 0.405. The zero-order valence-corrected chi connectivity index (χ0v) is 14.4. The lowest BCUT2D eigenvalue weighted by Gasteiger charge is -2.30. The molecule has 0 bridgehead atoms. The molecule has 1 aliphatic heterocycles. The molecule has 2 N–H and O–H groups in total. The number of carbonyl (C=O) groups excluding carboxylic acids is 1. The van der Waals surface area contributed by atoms with Crippen LogP contribution in [0.25, 0.3) is 10.6 Å². The van der Waals surface area contributed by atoms with E-state index in [1.165, 1.54) is 4.88 Å². The van der Waals surface area contributed by atoms with Gasteiger partial charge in [0.2, 0.25) is 5.91 Å². The maximum absolute atomic E-state index is 11.3. The van der Waals surface area contributed by atoms with Gasteiger partial charge in [-0.1, -0.05) is 23.7 Å². The van der Waals surface area contributed by atoms with E-state index in [1.807, 2.05) is 31.2 Å². The van der Waals surface area contributed by atoms with Gasteiger partial charge in [0.1, 0.15) is 11.1 Å². The van der Waals surface area contributed by atoms with Crippen LogP contribution in [0.2, 0.25) is 5.02 Å². The summed E-state index contributed by atoms with van der Waals surface area (Å²) in [6, 6.07) is 7.68. The number of ether oxygens (including phenoxy) is 1. The van der Waals surface area contributed by atoms with E-state index in [1.54, 1.807) is 11.3 Å². The van der Waals surface area contributed by atoms with Crippen LogP contribution in [0.3, 0.4) is 0 Å². The molecule has 3 rings (SSSR count). The fourth-order valence-corrected chi connectivity index (χ4v) is 3.75. The van der Waals surface area contributed by atoms with Gasteiger partial charge < -0.3 is 10.5 Å². The van der Waals surface area contributed by atoms with E-state index in [9.17, 15) is 4.79 Å². The van der Waals surface area contributed by atoms with Gasteiger partial charge in [0, 0.05) is 35.1 Å². The summed E-state index contributed by atoms with van der Waals surface area (Å²) in [6.45, 7) is 4.61. The van der Waals surface area contributed by atoms with Gasteiger partial charge in [-0.3, -0.25) is 9.69 Å². The zero-order chi connectivity index (χ0) is 16.4. The highest BCUT2D eigenvalue weighted by atomic mass is 35.5. The molecule has 23 heavy (non-hydrogen) atoms. The number of carbonyl (C=O) groups is 1. The molecule has 5 nitrogen and oxygen atoms in total. The Bertz CT molecular complexity index is 702. The van der Waals surface area contributed by atoms with Crippen molar-refractivity contribution in [2.24, 2.45) is 5.73 Å². The zero-order valence-electron chi connectivity index (χ0n) is 12.8. The molecule has 1 unspecified atom stereocenters. The molecule has 0 spiro atoms. The van der Waals surface area contributed by atoms with E-state index in [-0.39, 0.29) is 0 Å². The molecule has 122 valence electrons.